The number of nitrogens with two attached hydrogens (primary N) is 2. The third-order valence-electron chi connectivity index (χ3n) is 6.63. The molecular weight excluding hydrogens is 414 g/mol. The van der Waals surface area contributed by atoms with E-state index < -0.39 is 0 Å². The van der Waals surface area contributed by atoms with Gasteiger partial charge in [-0.1, -0.05) is 23.3 Å². The van der Waals surface area contributed by atoms with Crippen molar-refractivity contribution in [2.24, 2.45) is 5.10 Å². The Balaban J connectivity index is 1.49. The zero-order chi connectivity index (χ0) is 23.0. The molecule has 1 fully saturated rings. The van der Waals surface area contributed by atoms with E-state index in [-0.39, 0.29) is 11.4 Å². The van der Waals surface area contributed by atoms with Crippen molar-refractivity contribution in [1.82, 2.24) is 9.97 Å². The Labute approximate surface area is 192 Å². The van der Waals surface area contributed by atoms with Crippen LogP contribution in [0.5, 0.6) is 0 Å². The highest BCUT2D eigenvalue weighted by atomic mass is 16.1. The lowest BCUT2D eigenvalue weighted by Crippen LogP contribution is -3.16. The molecule has 0 aliphatic carbocycles. The number of pyridine rings is 2. The van der Waals surface area contributed by atoms with Crippen LogP contribution in [0.25, 0.3) is 0 Å². The predicted molar refractivity (Wildman–Crippen MR) is 128 cm³/mol. The molecule has 0 spiro atoms. The van der Waals surface area contributed by atoms with Crippen molar-refractivity contribution in [2.75, 3.05) is 24.1 Å². The highest BCUT2D eigenvalue weighted by molar-refractivity contribution is 6.19. The molecule has 33 heavy (non-hydrogen) atoms. The van der Waals surface area contributed by atoms with Crippen LogP contribution in [0.4, 0.5) is 17.3 Å². The van der Waals surface area contributed by atoms with E-state index in [4.69, 9.17) is 10.8 Å². The van der Waals surface area contributed by atoms with Crippen LogP contribution in [0.15, 0.2) is 60.0 Å². The van der Waals surface area contributed by atoms with E-state index in [1.165, 1.54) is 6.42 Å². The zero-order valence-electron chi connectivity index (χ0n) is 18.9. The minimum absolute atomic E-state index is 0.0180. The number of anilines is 2. The molecule has 1 amide bonds. The summed E-state index contributed by atoms with van der Waals surface area (Å²) in [6.07, 6.45) is 5.75. The van der Waals surface area contributed by atoms with Gasteiger partial charge in [-0.15, -0.1) is 0 Å². The number of nitrogens with zero attached hydrogens (tertiary/aromatic N) is 3. The highest BCUT2D eigenvalue weighted by Gasteiger charge is 2.48. The van der Waals surface area contributed by atoms with Gasteiger partial charge in [-0.3, -0.25) is 4.79 Å². The average Bonchev–Trinajstić information content (AvgIpc) is 3.26. The van der Waals surface area contributed by atoms with Crippen LogP contribution in [0.3, 0.4) is 0 Å². The minimum Gasteiger partial charge on any atom is -0.383 e. The van der Waals surface area contributed by atoms with E-state index in [0.29, 0.717) is 17.2 Å². The Morgan fingerprint density at radius 3 is 2.70 bits per heavy atom. The first-order valence-electron chi connectivity index (χ1n) is 11.3. The SMILES string of the molecule is Cc1cnc(N)c2c1[NH+]([C@]1(C)CCC[NH2+]C1)N=C2c1ccc(C(=O)Nc2ccccn2)cc1. The Morgan fingerprint density at radius 2 is 2.00 bits per heavy atom. The Hall–Kier alpha value is -3.62. The van der Waals surface area contributed by atoms with Crippen LogP contribution < -0.4 is 21.4 Å². The van der Waals surface area contributed by atoms with Crippen molar-refractivity contribution >= 4 is 28.9 Å². The van der Waals surface area contributed by atoms with Crippen molar-refractivity contribution in [2.45, 2.75) is 32.2 Å². The van der Waals surface area contributed by atoms with Crippen molar-refractivity contribution in [3.8, 4) is 0 Å². The van der Waals surface area contributed by atoms with E-state index >= 15 is 0 Å². The fraction of sp³-hybridized carbons (Fsp3) is 0.280. The average molecular weight is 444 g/mol. The highest BCUT2D eigenvalue weighted by Crippen LogP contribution is 2.30. The lowest BCUT2D eigenvalue weighted by Gasteiger charge is -2.33. The van der Waals surface area contributed by atoms with Gasteiger partial charge in [0.05, 0.1) is 6.54 Å². The van der Waals surface area contributed by atoms with Gasteiger partial charge in [0.25, 0.3) is 5.91 Å². The molecule has 4 heterocycles. The third kappa shape index (κ3) is 3.88. The third-order valence-corrected chi connectivity index (χ3v) is 6.63. The van der Waals surface area contributed by atoms with Gasteiger partial charge in [0, 0.05) is 41.9 Å². The summed E-state index contributed by atoms with van der Waals surface area (Å²) < 4.78 is 0. The quantitative estimate of drug-likeness (QED) is 0.482. The first kappa shape index (κ1) is 21.2. The summed E-state index contributed by atoms with van der Waals surface area (Å²) in [5.74, 6) is 0.806. The maximum absolute atomic E-state index is 12.6. The van der Waals surface area contributed by atoms with Crippen LogP contribution in [0, 0.1) is 6.92 Å². The molecule has 2 atom stereocenters. The monoisotopic (exact) mass is 443 g/mol. The molecule has 2 aliphatic heterocycles. The van der Waals surface area contributed by atoms with E-state index in [1.54, 1.807) is 12.3 Å². The number of piperidine rings is 1. The normalized spacial score (nSPS) is 21.9. The molecule has 1 aromatic carbocycles. The van der Waals surface area contributed by atoms with E-state index in [9.17, 15) is 4.79 Å². The number of quaternary nitrogens is 2. The lowest BCUT2D eigenvalue weighted by atomic mass is 9.90. The molecule has 0 radical (unpaired) electrons. The molecule has 2 aliphatic rings. The molecule has 168 valence electrons. The fourth-order valence-corrected chi connectivity index (χ4v) is 4.81. The number of aromatic nitrogens is 2. The number of hydrogen-bond acceptors (Lipinski definition) is 5. The van der Waals surface area contributed by atoms with Crippen molar-refractivity contribution in [1.29, 1.82) is 0 Å². The molecule has 3 aromatic rings. The number of rotatable bonds is 4. The van der Waals surface area contributed by atoms with Gasteiger partial charge < -0.3 is 16.4 Å². The number of nitrogens with one attached hydrogen (secondary N) is 2. The molecule has 8 nitrogen and oxygen atoms in total. The van der Waals surface area contributed by atoms with Gasteiger partial charge in [-0.25, -0.2) is 9.97 Å². The van der Waals surface area contributed by atoms with Crippen LogP contribution in [0.2, 0.25) is 0 Å². The molecule has 8 heteroatoms. The number of amides is 1. The second-order valence-corrected chi connectivity index (χ2v) is 9.08. The van der Waals surface area contributed by atoms with E-state index in [0.717, 1.165) is 52.6 Å². The topological polar surface area (TPSA) is 114 Å². The number of aryl methyl sites for hydroxylation is 1. The first-order valence-corrected chi connectivity index (χ1v) is 11.3. The van der Waals surface area contributed by atoms with Crippen molar-refractivity contribution in [3.05, 3.63) is 77.1 Å². The van der Waals surface area contributed by atoms with Crippen LogP contribution in [0.1, 0.15) is 46.8 Å². The van der Waals surface area contributed by atoms with Gasteiger partial charge in [-0.2, -0.15) is 5.01 Å². The standard InChI is InChI=1S/C25H27N7O/c1-16-14-29-23(26)20-21(31-32(22(16)20)25(2)11-5-12-27-15-25)17-7-9-18(10-8-17)24(33)30-19-6-3-4-13-28-19/h3-4,6-10,13-14,27H,5,11-12,15H2,1-2H3,(H2,26,29)(H,28,30,33)/p+2/t25-/m1/s1. The number of fused-ring (bicyclic) bond motifs is 1. The summed E-state index contributed by atoms with van der Waals surface area (Å²) in [5, 5.41) is 11.5. The second-order valence-electron chi connectivity index (χ2n) is 9.08. The Morgan fingerprint density at radius 1 is 1.18 bits per heavy atom. The predicted octanol–water partition coefficient (Wildman–Crippen LogP) is 1.02. The number of benzene rings is 1. The summed E-state index contributed by atoms with van der Waals surface area (Å²) in [6.45, 7) is 6.54. The maximum Gasteiger partial charge on any atom is 0.256 e. The smallest absolute Gasteiger partial charge is 0.256 e. The number of hydrogen-bond donors (Lipinski definition) is 4. The fourth-order valence-electron chi connectivity index (χ4n) is 4.81. The largest absolute Gasteiger partial charge is 0.383 e. The number of carbonyl (C=O) groups is 1. The van der Waals surface area contributed by atoms with Gasteiger partial charge in [0.1, 0.15) is 29.5 Å². The molecule has 1 saturated heterocycles. The maximum atomic E-state index is 12.6. The molecule has 1 unspecified atom stereocenters. The summed E-state index contributed by atoms with van der Waals surface area (Å²) in [5.41, 5.74) is 11.8. The Kier molecular flexibility index (Phi) is 5.39. The summed E-state index contributed by atoms with van der Waals surface area (Å²) >= 11 is 0. The van der Waals surface area contributed by atoms with Gasteiger partial charge in [0.15, 0.2) is 11.2 Å². The van der Waals surface area contributed by atoms with E-state index in [2.05, 4.69) is 34.4 Å². The minimum atomic E-state index is -0.205. The van der Waals surface area contributed by atoms with E-state index in [1.807, 2.05) is 42.6 Å². The first-order chi connectivity index (χ1) is 16.0. The molecule has 0 saturated carbocycles. The summed E-state index contributed by atoms with van der Waals surface area (Å²) in [7, 11) is 0. The van der Waals surface area contributed by atoms with Gasteiger partial charge >= 0.3 is 0 Å². The zero-order valence-corrected chi connectivity index (χ0v) is 18.9. The number of nitrogen functional groups attached to an aromatic ring is 1. The van der Waals surface area contributed by atoms with Crippen molar-refractivity contribution in [3.63, 3.8) is 0 Å². The second kappa shape index (κ2) is 8.38. The Bertz CT molecular complexity index is 1220. The van der Waals surface area contributed by atoms with Crippen molar-refractivity contribution < 1.29 is 15.1 Å². The molecule has 2 aromatic heterocycles. The number of carbonyl (C=O) groups excluding carboxylic acids is 1. The van der Waals surface area contributed by atoms with Gasteiger partial charge in [0.2, 0.25) is 0 Å². The van der Waals surface area contributed by atoms with Crippen LogP contribution in [-0.4, -0.2) is 40.2 Å². The molecule has 0 bridgehead atoms. The summed E-state index contributed by atoms with van der Waals surface area (Å²) in [6, 6.07) is 12.9. The summed E-state index contributed by atoms with van der Waals surface area (Å²) in [4.78, 5) is 21.2. The molecule has 6 N–H and O–H groups in total. The lowest BCUT2D eigenvalue weighted by molar-refractivity contribution is -0.918. The molecular formula is C25H29N7O+2. The van der Waals surface area contributed by atoms with Crippen LogP contribution in [-0.2, 0) is 0 Å². The molecule has 5 rings (SSSR count). The van der Waals surface area contributed by atoms with Gasteiger partial charge in [-0.05, 0) is 38.1 Å². The van der Waals surface area contributed by atoms with Crippen LogP contribution >= 0.6 is 0 Å².